The first kappa shape index (κ1) is 17.8. The van der Waals surface area contributed by atoms with Crippen LogP contribution in [0.2, 0.25) is 0 Å². The van der Waals surface area contributed by atoms with Crippen LogP contribution in [0.1, 0.15) is 25.3 Å². The Balaban J connectivity index is 1.76. The molecule has 1 unspecified atom stereocenters. The highest BCUT2D eigenvalue weighted by Crippen LogP contribution is 2.12. The molecule has 0 saturated carbocycles. The van der Waals surface area contributed by atoms with E-state index >= 15 is 0 Å². The van der Waals surface area contributed by atoms with Gasteiger partial charge in [0.2, 0.25) is 0 Å². The first-order valence-electron chi connectivity index (χ1n) is 8.46. The van der Waals surface area contributed by atoms with E-state index in [1.54, 1.807) is 0 Å². The van der Waals surface area contributed by atoms with E-state index < -0.39 is 6.10 Å². The predicted molar refractivity (Wildman–Crippen MR) is 87.6 cm³/mol. The maximum atomic E-state index is 11.8. The molecule has 1 fully saturated rings. The summed E-state index contributed by atoms with van der Waals surface area (Å²) in [5, 5.41) is 10.2. The maximum absolute atomic E-state index is 11.8. The standard InChI is InChI=1S/C18H27NO4/c1-3-22-18(21)15-7-5-9-19(11-15)12-16(20)13-23-17-8-4-6-14(2)10-17/h4,6,8,10,15-16,20H,3,5,7,9,11-13H2,1-2H3/p+1/t15-,16+/m1/s1. The average molecular weight is 322 g/mol. The molecule has 1 saturated heterocycles. The zero-order valence-corrected chi connectivity index (χ0v) is 14.1. The monoisotopic (exact) mass is 322 g/mol. The van der Waals surface area contributed by atoms with Gasteiger partial charge in [-0.2, -0.15) is 0 Å². The van der Waals surface area contributed by atoms with Gasteiger partial charge in [-0.3, -0.25) is 4.79 Å². The molecule has 0 spiro atoms. The van der Waals surface area contributed by atoms with Crippen LogP contribution in [-0.4, -0.2) is 50.0 Å². The zero-order chi connectivity index (χ0) is 16.7. The van der Waals surface area contributed by atoms with Gasteiger partial charge in [0.05, 0.1) is 19.7 Å². The second kappa shape index (κ2) is 8.89. The van der Waals surface area contributed by atoms with Crippen LogP contribution in [0.4, 0.5) is 0 Å². The maximum Gasteiger partial charge on any atom is 0.314 e. The highest BCUT2D eigenvalue weighted by molar-refractivity contribution is 5.72. The van der Waals surface area contributed by atoms with Crippen LogP contribution >= 0.6 is 0 Å². The lowest BCUT2D eigenvalue weighted by molar-refractivity contribution is -0.910. The molecule has 1 aromatic carbocycles. The number of ether oxygens (including phenoxy) is 2. The summed E-state index contributed by atoms with van der Waals surface area (Å²) in [6.07, 6.45) is 1.34. The predicted octanol–water partition coefficient (Wildman–Crippen LogP) is 0.593. The van der Waals surface area contributed by atoms with Crippen molar-refractivity contribution in [1.29, 1.82) is 0 Å². The molecule has 5 nitrogen and oxygen atoms in total. The van der Waals surface area contributed by atoms with Crippen LogP contribution in [0.25, 0.3) is 0 Å². The fourth-order valence-corrected chi connectivity index (χ4v) is 3.09. The number of hydrogen-bond donors (Lipinski definition) is 2. The Labute approximate surface area is 138 Å². The minimum absolute atomic E-state index is 0.0383. The molecular formula is C18H28NO4+. The van der Waals surface area contributed by atoms with Crippen molar-refractivity contribution >= 4 is 5.97 Å². The van der Waals surface area contributed by atoms with E-state index in [4.69, 9.17) is 9.47 Å². The average Bonchev–Trinajstić information content (AvgIpc) is 2.53. The van der Waals surface area contributed by atoms with E-state index in [1.165, 1.54) is 4.90 Å². The number of nitrogens with one attached hydrogen (secondary N) is 1. The molecule has 3 atom stereocenters. The fraction of sp³-hybridized carbons (Fsp3) is 0.611. The van der Waals surface area contributed by atoms with Gasteiger partial charge in [0.1, 0.15) is 30.9 Å². The molecule has 0 radical (unpaired) electrons. The quantitative estimate of drug-likeness (QED) is 0.722. The van der Waals surface area contributed by atoms with Crippen LogP contribution in [0.15, 0.2) is 24.3 Å². The highest BCUT2D eigenvalue weighted by Gasteiger charge is 2.30. The molecule has 1 aliphatic rings. The Morgan fingerprint density at radius 3 is 3.04 bits per heavy atom. The fourth-order valence-electron chi connectivity index (χ4n) is 3.09. The zero-order valence-electron chi connectivity index (χ0n) is 14.1. The summed E-state index contributed by atoms with van der Waals surface area (Å²) in [5.41, 5.74) is 1.14. The third-order valence-electron chi connectivity index (χ3n) is 4.19. The van der Waals surface area contributed by atoms with E-state index in [-0.39, 0.29) is 18.5 Å². The Hall–Kier alpha value is -1.59. The van der Waals surface area contributed by atoms with Crippen molar-refractivity contribution in [3.8, 4) is 5.75 Å². The molecule has 23 heavy (non-hydrogen) atoms. The van der Waals surface area contributed by atoms with Crippen LogP contribution in [-0.2, 0) is 9.53 Å². The SMILES string of the molecule is CCOC(=O)[C@@H]1CCC[NH+](C[C@H](O)COc2cccc(C)c2)C1. The smallest absolute Gasteiger partial charge is 0.314 e. The van der Waals surface area contributed by atoms with Gasteiger partial charge in [-0.05, 0) is 44.4 Å². The van der Waals surface area contributed by atoms with Crippen molar-refractivity contribution in [1.82, 2.24) is 0 Å². The summed E-state index contributed by atoms with van der Waals surface area (Å²) in [4.78, 5) is 13.1. The van der Waals surface area contributed by atoms with Gasteiger partial charge in [-0.15, -0.1) is 0 Å². The second-order valence-electron chi connectivity index (χ2n) is 6.28. The van der Waals surface area contributed by atoms with E-state index in [2.05, 4.69) is 0 Å². The van der Waals surface area contributed by atoms with Crippen LogP contribution in [0.3, 0.4) is 0 Å². The van der Waals surface area contributed by atoms with Crippen molar-refractivity contribution < 1.29 is 24.3 Å². The van der Waals surface area contributed by atoms with Gasteiger partial charge in [0.15, 0.2) is 0 Å². The van der Waals surface area contributed by atoms with Gasteiger partial charge in [-0.25, -0.2) is 0 Å². The number of aryl methyl sites for hydroxylation is 1. The number of quaternary nitrogens is 1. The van der Waals surface area contributed by atoms with Crippen LogP contribution in [0, 0.1) is 12.8 Å². The Morgan fingerprint density at radius 2 is 2.30 bits per heavy atom. The first-order chi connectivity index (χ1) is 11.1. The third-order valence-corrected chi connectivity index (χ3v) is 4.19. The molecule has 0 amide bonds. The van der Waals surface area contributed by atoms with Gasteiger partial charge >= 0.3 is 5.97 Å². The van der Waals surface area contributed by atoms with Crippen LogP contribution < -0.4 is 9.64 Å². The number of esters is 1. The number of benzene rings is 1. The lowest BCUT2D eigenvalue weighted by Crippen LogP contribution is -3.15. The van der Waals surface area contributed by atoms with Gasteiger partial charge in [0.25, 0.3) is 0 Å². The summed E-state index contributed by atoms with van der Waals surface area (Å²) in [6, 6.07) is 7.80. The topological polar surface area (TPSA) is 60.2 Å². The van der Waals surface area contributed by atoms with Crippen molar-refractivity contribution in [3.63, 3.8) is 0 Å². The Kier molecular flexibility index (Phi) is 6.86. The normalized spacial score (nSPS) is 22.4. The lowest BCUT2D eigenvalue weighted by Gasteiger charge is -2.30. The summed E-state index contributed by atoms with van der Waals surface area (Å²) < 4.78 is 10.8. The molecule has 0 bridgehead atoms. The summed E-state index contributed by atoms with van der Waals surface area (Å²) in [5.74, 6) is 0.640. The van der Waals surface area contributed by atoms with E-state index in [0.29, 0.717) is 13.2 Å². The van der Waals surface area contributed by atoms with Crippen molar-refractivity contribution in [2.45, 2.75) is 32.8 Å². The largest absolute Gasteiger partial charge is 0.491 e. The van der Waals surface area contributed by atoms with Gasteiger partial charge < -0.3 is 19.5 Å². The van der Waals surface area contributed by atoms with Crippen LogP contribution in [0.5, 0.6) is 5.75 Å². The Morgan fingerprint density at radius 1 is 1.48 bits per heavy atom. The molecule has 2 rings (SSSR count). The van der Waals surface area contributed by atoms with E-state index in [9.17, 15) is 9.90 Å². The van der Waals surface area contributed by atoms with E-state index in [1.807, 2.05) is 38.1 Å². The van der Waals surface area contributed by atoms with Crippen molar-refractivity contribution in [2.75, 3.05) is 32.8 Å². The molecule has 1 aliphatic heterocycles. The number of piperidine rings is 1. The molecular weight excluding hydrogens is 294 g/mol. The number of hydrogen-bond acceptors (Lipinski definition) is 4. The molecule has 0 aromatic heterocycles. The molecule has 1 heterocycles. The molecule has 1 aromatic rings. The third kappa shape index (κ3) is 5.84. The number of aliphatic hydroxyl groups is 1. The van der Waals surface area contributed by atoms with Gasteiger partial charge in [-0.1, -0.05) is 12.1 Å². The number of likely N-dealkylation sites (tertiary alicyclic amines) is 1. The summed E-state index contributed by atoms with van der Waals surface area (Å²) in [6.45, 7) is 6.86. The molecule has 5 heteroatoms. The Bertz CT molecular complexity index is 506. The second-order valence-corrected chi connectivity index (χ2v) is 6.28. The number of carbonyl (C=O) groups is 1. The molecule has 0 aliphatic carbocycles. The summed E-state index contributed by atoms with van der Waals surface area (Å²) >= 11 is 0. The van der Waals surface area contributed by atoms with E-state index in [0.717, 1.165) is 37.2 Å². The minimum Gasteiger partial charge on any atom is -0.491 e. The number of carbonyl (C=O) groups excluding carboxylic acids is 1. The number of rotatable bonds is 7. The lowest BCUT2D eigenvalue weighted by atomic mass is 9.98. The van der Waals surface area contributed by atoms with Crippen molar-refractivity contribution in [2.24, 2.45) is 5.92 Å². The molecule has 2 N–H and O–H groups in total. The first-order valence-corrected chi connectivity index (χ1v) is 8.46. The highest BCUT2D eigenvalue weighted by atomic mass is 16.5. The van der Waals surface area contributed by atoms with Gasteiger partial charge in [0, 0.05) is 0 Å². The number of aliphatic hydroxyl groups excluding tert-OH is 1. The minimum atomic E-state index is -0.536. The summed E-state index contributed by atoms with van der Waals surface area (Å²) in [7, 11) is 0. The van der Waals surface area contributed by atoms with Crippen molar-refractivity contribution in [3.05, 3.63) is 29.8 Å². The molecule has 128 valence electrons.